The first-order valence-electron chi connectivity index (χ1n) is 6.57. The molecule has 0 aliphatic rings. The van der Waals surface area contributed by atoms with E-state index in [4.69, 9.17) is 27.4 Å². The quantitative estimate of drug-likeness (QED) is 0.442. The van der Waals surface area contributed by atoms with Gasteiger partial charge < -0.3 is 8.92 Å². The van der Waals surface area contributed by atoms with Crippen LogP contribution in [0.5, 0.6) is 5.75 Å². The SMILES string of the molecule is COC(=O)/C=C\c1ccc(OS(=O)(=O)c2cc(Cl)ccc2Cl)cc1. The van der Waals surface area contributed by atoms with Crippen molar-refractivity contribution < 1.29 is 22.1 Å². The summed E-state index contributed by atoms with van der Waals surface area (Å²) in [6.07, 6.45) is 2.77. The summed E-state index contributed by atoms with van der Waals surface area (Å²) >= 11 is 11.7. The van der Waals surface area contributed by atoms with Crippen LogP contribution in [0.15, 0.2) is 53.4 Å². The third-order valence-corrected chi connectivity index (χ3v) is 4.83. The summed E-state index contributed by atoms with van der Waals surface area (Å²) in [6, 6.07) is 10.1. The highest BCUT2D eigenvalue weighted by molar-refractivity contribution is 7.87. The molecule has 0 atom stereocenters. The number of esters is 1. The molecule has 2 rings (SSSR count). The van der Waals surface area contributed by atoms with E-state index in [0.717, 1.165) is 0 Å². The van der Waals surface area contributed by atoms with E-state index >= 15 is 0 Å². The summed E-state index contributed by atoms with van der Waals surface area (Å²) in [7, 11) is -2.84. The van der Waals surface area contributed by atoms with Crippen LogP contribution in [0.1, 0.15) is 5.56 Å². The fourth-order valence-electron chi connectivity index (χ4n) is 1.71. The topological polar surface area (TPSA) is 69.7 Å². The van der Waals surface area contributed by atoms with Crippen LogP contribution in [0.25, 0.3) is 6.08 Å². The van der Waals surface area contributed by atoms with Crippen molar-refractivity contribution >= 4 is 45.4 Å². The Morgan fingerprint density at radius 1 is 1.08 bits per heavy atom. The van der Waals surface area contributed by atoms with Crippen molar-refractivity contribution in [3.8, 4) is 5.75 Å². The molecule has 2 aromatic carbocycles. The molecule has 0 aliphatic carbocycles. The van der Waals surface area contributed by atoms with Gasteiger partial charge in [-0.1, -0.05) is 35.3 Å². The maximum atomic E-state index is 12.3. The average Bonchev–Trinajstić information content (AvgIpc) is 2.55. The van der Waals surface area contributed by atoms with Gasteiger partial charge in [-0.15, -0.1) is 0 Å². The highest BCUT2D eigenvalue weighted by atomic mass is 35.5. The zero-order valence-electron chi connectivity index (χ0n) is 12.4. The van der Waals surface area contributed by atoms with Gasteiger partial charge in [-0.05, 0) is 42.0 Å². The zero-order chi connectivity index (χ0) is 17.7. The summed E-state index contributed by atoms with van der Waals surface area (Å²) in [4.78, 5) is 10.8. The second kappa shape index (κ2) is 7.70. The Kier molecular flexibility index (Phi) is 5.88. The molecular weight excluding hydrogens is 375 g/mol. The third kappa shape index (κ3) is 4.74. The molecule has 0 saturated carbocycles. The summed E-state index contributed by atoms with van der Waals surface area (Å²) in [5, 5.41) is 0.238. The van der Waals surface area contributed by atoms with Gasteiger partial charge in [0.15, 0.2) is 0 Å². The van der Waals surface area contributed by atoms with E-state index in [1.165, 1.54) is 49.6 Å². The Hall–Kier alpha value is -2.02. The number of rotatable bonds is 5. The molecule has 24 heavy (non-hydrogen) atoms. The van der Waals surface area contributed by atoms with Gasteiger partial charge in [-0.2, -0.15) is 8.42 Å². The molecule has 5 nitrogen and oxygen atoms in total. The monoisotopic (exact) mass is 386 g/mol. The number of methoxy groups -OCH3 is 1. The second-order valence-electron chi connectivity index (χ2n) is 4.54. The number of carbonyl (C=O) groups excluding carboxylic acids is 1. The molecular formula is C16H12Cl2O5S. The Morgan fingerprint density at radius 2 is 1.75 bits per heavy atom. The Morgan fingerprint density at radius 3 is 2.38 bits per heavy atom. The first kappa shape index (κ1) is 18.3. The number of halogens is 2. The fraction of sp³-hybridized carbons (Fsp3) is 0.0625. The van der Waals surface area contributed by atoms with Crippen LogP contribution >= 0.6 is 23.2 Å². The van der Waals surface area contributed by atoms with Crippen molar-refractivity contribution in [1.29, 1.82) is 0 Å². The van der Waals surface area contributed by atoms with E-state index in [-0.39, 0.29) is 20.7 Å². The van der Waals surface area contributed by atoms with Crippen molar-refractivity contribution in [1.82, 2.24) is 0 Å². The lowest BCUT2D eigenvalue weighted by molar-refractivity contribution is -0.134. The molecule has 0 aromatic heterocycles. The van der Waals surface area contributed by atoms with Gasteiger partial charge in [0.1, 0.15) is 10.6 Å². The smallest absolute Gasteiger partial charge is 0.340 e. The molecule has 2 aromatic rings. The van der Waals surface area contributed by atoms with Crippen LogP contribution in [0.2, 0.25) is 10.0 Å². The number of hydrogen-bond acceptors (Lipinski definition) is 5. The first-order valence-corrected chi connectivity index (χ1v) is 8.74. The molecule has 0 N–H and O–H groups in total. The molecule has 126 valence electrons. The van der Waals surface area contributed by atoms with Gasteiger partial charge in [0.25, 0.3) is 0 Å². The van der Waals surface area contributed by atoms with Gasteiger partial charge in [-0.3, -0.25) is 0 Å². The Balaban J connectivity index is 2.20. The maximum absolute atomic E-state index is 12.3. The van der Waals surface area contributed by atoms with E-state index in [9.17, 15) is 13.2 Å². The summed E-state index contributed by atoms with van der Waals surface area (Å²) in [5.74, 6) is -0.394. The molecule has 0 amide bonds. The van der Waals surface area contributed by atoms with E-state index in [1.807, 2.05) is 0 Å². The molecule has 0 unspecified atom stereocenters. The van der Waals surface area contributed by atoms with Crippen LogP contribution in [0, 0.1) is 0 Å². The first-order chi connectivity index (χ1) is 11.3. The molecule has 0 heterocycles. The van der Waals surface area contributed by atoms with Crippen molar-refractivity contribution in [2.75, 3.05) is 7.11 Å². The lowest BCUT2D eigenvalue weighted by atomic mass is 10.2. The zero-order valence-corrected chi connectivity index (χ0v) is 14.7. The van der Waals surface area contributed by atoms with E-state index < -0.39 is 16.1 Å². The Bertz CT molecular complexity index is 874. The third-order valence-electron chi connectivity index (χ3n) is 2.86. The lowest BCUT2D eigenvalue weighted by Crippen LogP contribution is -2.10. The Labute approximate surface area is 149 Å². The van der Waals surface area contributed by atoms with Crippen LogP contribution in [0.4, 0.5) is 0 Å². The van der Waals surface area contributed by atoms with Gasteiger partial charge in [0.05, 0.1) is 12.1 Å². The van der Waals surface area contributed by atoms with Gasteiger partial charge >= 0.3 is 16.1 Å². The molecule has 8 heteroatoms. The van der Waals surface area contributed by atoms with Crippen LogP contribution < -0.4 is 4.18 Å². The predicted molar refractivity (Wildman–Crippen MR) is 91.8 cm³/mol. The highest BCUT2D eigenvalue weighted by Gasteiger charge is 2.20. The van der Waals surface area contributed by atoms with Crippen molar-refractivity contribution in [3.05, 3.63) is 64.1 Å². The van der Waals surface area contributed by atoms with Crippen molar-refractivity contribution in [3.63, 3.8) is 0 Å². The fourth-order valence-corrected chi connectivity index (χ4v) is 3.38. The average molecular weight is 387 g/mol. The number of benzene rings is 2. The van der Waals surface area contributed by atoms with Crippen molar-refractivity contribution in [2.24, 2.45) is 0 Å². The minimum absolute atomic E-state index is 0.0111. The molecule has 0 spiro atoms. The van der Waals surface area contributed by atoms with Crippen molar-refractivity contribution in [2.45, 2.75) is 4.90 Å². The van der Waals surface area contributed by atoms with E-state index in [1.54, 1.807) is 12.1 Å². The lowest BCUT2D eigenvalue weighted by Gasteiger charge is -2.09. The number of ether oxygens (including phenoxy) is 1. The molecule has 0 fully saturated rings. The van der Waals surface area contributed by atoms with Crippen LogP contribution in [0.3, 0.4) is 0 Å². The summed E-state index contributed by atoms with van der Waals surface area (Å²) in [5.41, 5.74) is 0.672. The van der Waals surface area contributed by atoms with Gasteiger partial charge in [0.2, 0.25) is 0 Å². The molecule has 0 aliphatic heterocycles. The number of hydrogen-bond donors (Lipinski definition) is 0. The second-order valence-corrected chi connectivity index (χ2v) is 6.90. The highest BCUT2D eigenvalue weighted by Crippen LogP contribution is 2.28. The summed E-state index contributed by atoms with van der Waals surface area (Å²) < 4.78 is 34.1. The minimum Gasteiger partial charge on any atom is -0.466 e. The van der Waals surface area contributed by atoms with Crippen LogP contribution in [-0.4, -0.2) is 21.5 Å². The summed E-state index contributed by atoms with van der Waals surface area (Å²) in [6.45, 7) is 0. The van der Waals surface area contributed by atoms with E-state index in [2.05, 4.69) is 4.74 Å². The van der Waals surface area contributed by atoms with E-state index in [0.29, 0.717) is 5.56 Å². The standard InChI is InChI=1S/C16H12Cl2O5S/c1-22-16(19)9-4-11-2-6-13(7-3-11)23-24(20,21)15-10-12(17)5-8-14(15)18/h2-10H,1H3/b9-4-. The van der Waals surface area contributed by atoms with Gasteiger partial charge in [-0.25, -0.2) is 4.79 Å². The largest absolute Gasteiger partial charge is 0.466 e. The predicted octanol–water partition coefficient (Wildman–Crippen LogP) is 3.95. The number of carbonyl (C=O) groups is 1. The van der Waals surface area contributed by atoms with Gasteiger partial charge in [0, 0.05) is 11.1 Å². The molecule has 0 radical (unpaired) electrons. The minimum atomic E-state index is -4.12. The molecule has 0 bridgehead atoms. The maximum Gasteiger partial charge on any atom is 0.340 e. The molecule has 0 saturated heterocycles. The normalized spacial score (nSPS) is 11.5. The van der Waals surface area contributed by atoms with Crippen LogP contribution in [-0.2, 0) is 19.6 Å².